The van der Waals surface area contributed by atoms with Crippen molar-refractivity contribution >= 4 is 23.2 Å². The number of carbonyl (C=O) groups is 1. The number of hydrogen-bond donors (Lipinski definition) is 2. The molecule has 0 spiro atoms. The highest BCUT2D eigenvalue weighted by atomic mass is 19.1. The minimum absolute atomic E-state index is 0.00573. The number of aromatic amines is 1. The molecule has 7 heteroatoms. The van der Waals surface area contributed by atoms with Gasteiger partial charge in [0.2, 0.25) is 0 Å². The number of fused-ring (bicyclic) bond motifs is 1. The number of nitrogens with zero attached hydrogens (tertiary/aromatic N) is 1. The summed E-state index contributed by atoms with van der Waals surface area (Å²) in [6.07, 6.45) is 5.42. The Bertz CT molecular complexity index is 840. The van der Waals surface area contributed by atoms with Crippen LogP contribution in [0.3, 0.4) is 0 Å². The van der Waals surface area contributed by atoms with Crippen LogP contribution in [0.25, 0.3) is 11.6 Å². The van der Waals surface area contributed by atoms with E-state index in [1.54, 1.807) is 30.5 Å². The number of halogens is 1. The number of amides is 1. The van der Waals surface area contributed by atoms with Gasteiger partial charge in [0.25, 0.3) is 5.91 Å². The van der Waals surface area contributed by atoms with Crippen molar-refractivity contribution in [3.63, 3.8) is 0 Å². The zero-order chi connectivity index (χ0) is 17.9. The third-order valence-corrected chi connectivity index (χ3v) is 4.64. The topological polar surface area (TPSA) is 76.2 Å². The molecule has 0 aliphatic carbocycles. The molecule has 1 fully saturated rings. The first-order valence-electron chi connectivity index (χ1n) is 8.73. The second kappa shape index (κ2) is 7.29. The summed E-state index contributed by atoms with van der Waals surface area (Å²) < 4.78 is 23.0. The van der Waals surface area contributed by atoms with E-state index in [0.29, 0.717) is 17.2 Å². The minimum atomic E-state index is -0.555. The van der Waals surface area contributed by atoms with E-state index >= 15 is 0 Å². The van der Waals surface area contributed by atoms with E-state index < -0.39 is 6.67 Å². The van der Waals surface area contributed by atoms with Crippen molar-refractivity contribution in [2.75, 3.05) is 31.8 Å². The van der Waals surface area contributed by atoms with Gasteiger partial charge in [0.15, 0.2) is 0 Å². The van der Waals surface area contributed by atoms with Crippen molar-refractivity contribution in [3.8, 4) is 5.75 Å². The second-order valence-electron chi connectivity index (χ2n) is 6.37. The first-order chi connectivity index (χ1) is 12.7. The Labute approximate surface area is 150 Å². The number of imidazole rings is 1. The molecule has 0 unspecified atom stereocenters. The molecule has 2 N–H and O–H groups in total. The zero-order valence-corrected chi connectivity index (χ0v) is 14.3. The van der Waals surface area contributed by atoms with E-state index in [0.717, 1.165) is 48.8 Å². The number of aromatic nitrogens is 2. The zero-order valence-electron chi connectivity index (χ0n) is 14.3. The van der Waals surface area contributed by atoms with E-state index in [4.69, 9.17) is 9.47 Å². The van der Waals surface area contributed by atoms with Crippen molar-refractivity contribution < 1.29 is 18.7 Å². The van der Waals surface area contributed by atoms with Gasteiger partial charge in [-0.15, -0.1) is 0 Å². The molecule has 1 amide bonds. The lowest BCUT2D eigenvalue weighted by Crippen LogP contribution is -2.15. The van der Waals surface area contributed by atoms with Crippen LogP contribution in [-0.4, -0.2) is 42.4 Å². The highest BCUT2D eigenvalue weighted by molar-refractivity contribution is 6.34. The average Bonchev–Trinajstić information content (AvgIpc) is 3.26. The number of carbonyl (C=O) groups excluding carboxylic acids is 1. The summed E-state index contributed by atoms with van der Waals surface area (Å²) in [4.78, 5) is 20.1. The van der Waals surface area contributed by atoms with Crippen molar-refractivity contribution in [1.29, 1.82) is 0 Å². The molecule has 2 aromatic rings. The van der Waals surface area contributed by atoms with Crippen LogP contribution >= 0.6 is 0 Å². The Morgan fingerprint density at radius 1 is 1.35 bits per heavy atom. The molecule has 0 saturated carbocycles. The molecule has 1 aromatic carbocycles. The van der Waals surface area contributed by atoms with Crippen LogP contribution in [0.15, 0.2) is 24.4 Å². The molecule has 0 atom stereocenters. The SMILES string of the molecule is O=C1Nc2ccc(OCCF)cc2/C1=C/c1cnc(C2CCOCC2)[nH]1. The minimum Gasteiger partial charge on any atom is -0.491 e. The molecule has 0 bridgehead atoms. The van der Waals surface area contributed by atoms with Crippen LogP contribution in [0.4, 0.5) is 10.1 Å². The molecule has 1 saturated heterocycles. The number of nitrogens with one attached hydrogen (secondary N) is 2. The lowest BCUT2D eigenvalue weighted by molar-refractivity contribution is -0.110. The van der Waals surface area contributed by atoms with Gasteiger partial charge in [-0.25, -0.2) is 9.37 Å². The van der Waals surface area contributed by atoms with Gasteiger partial charge in [-0.2, -0.15) is 0 Å². The van der Waals surface area contributed by atoms with Gasteiger partial charge in [-0.3, -0.25) is 4.79 Å². The molecule has 6 nitrogen and oxygen atoms in total. The third-order valence-electron chi connectivity index (χ3n) is 4.64. The molecular formula is C19H20FN3O3. The van der Waals surface area contributed by atoms with Crippen molar-refractivity contribution in [2.45, 2.75) is 18.8 Å². The first kappa shape index (κ1) is 16.8. The van der Waals surface area contributed by atoms with E-state index in [1.807, 2.05) is 0 Å². The molecule has 136 valence electrons. The summed E-state index contributed by atoms with van der Waals surface area (Å²) in [5, 5.41) is 2.83. The maximum Gasteiger partial charge on any atom is 0.256 e. The predicted molar refractivity (Wildman–Crippen MR) is 95.8 cm³/mol. The molecule has 2 aliphatic rings. The van der Waals surface area contributed by atoms with Gasteiger partial charge in [0.05, 0.1) is 17.5 Å². The maximum absolute atomic E-state index is 12.3. The fourth-order valence-electron chi connectivity index (χ4n) is 3.32. The van der Waals surface area contributed by atoms with Crippen LogP contribution in [0.5, 0.6) is 5.75 Å². The standard InChI is InChI=1S/C19H20FN3O3/c20-5-8-26-14-1-2-17-15(10-14)16(19(24)23-17)9-13-11-21-18(22-13)12-3-6-25-7-4-12/h1-2,9-12H,3-8H2,(H,21,22)(H,23,24)/b16-9-. The third kappa shape index (κ3) is 3.35. The number of anilines is 1. The average molecular weight is 357 g/mol. The lowest BCUT2D eigenvalue weighted by atomic mass is 10.00. The predicted octanol–water partition coefficient (Wildman–Crippen LogP) is 3.14. The maximum atomic E-state index is 12.3. The fourth-order valence-corrected chi connectivity index (χ4v) is 3.32. The van der Waals surface area contributed by atoms with E-state index in [2.05, 4.69) is 15.3 Å². The van der Waals surface area contributed by atoms with Gasteiger partial charge in [-0.1, -0.05) is 0 Å². The monoisotopic (exact) mass is 357 g/mol. The normalized spacial score (nSPS) is 18.8. The van der Waals surface area contributed by atoms with E-state index in [9.17, 15) is 9.18 Å². The van der Waals surface area contributed by atoms with Gasteiger partial charge in [0.1, 0.15) is 24.9 Å². The van der Waals surface area contributed by atoms with Crippen LogP contribution < -0.4 is 10.1 Å². The number of H-pyrrole nitrogens is 1. The van der Waals surface area contributed by atoms with E-state index in [1.165, 1.54) is 0 Å². The van der Waals surface area contributed by atoms with Crippen molar-refractivity contribution in [2.24, 2.45) is 0 Å². The second-order valence-corrected chi connectivity index (χ2v) is 6.37. The molecule has 4 rings (SSSR count). The van der Waals surface area contributed by atoms with Crippen molar-refractivity contribution in [1.82, 2.24) is 9.97 Å². The number of alkyl halides is 1. The summed E-state index contributed by atoms with van der Waals surface area (Å²) >= 11 is 0. The molecule has 0 radical (unpaired) electrons. The van der Waals surface area contributed by atoms with E-state index in [-0.39, 0.29) is 12.5 Å². The summed E-state index contributed by atoms with van der Waals surface area (Å²) in [5.41, 5.74) is 2.78. The summed E-state index contributed by atoms with van der Waals surface area (Å²) in [5.74, 6) is 1.65. The van der Waals surface area contributed by atoms with Crippen LogP contribution in [0.2, 0.25) is 0 Å². The quantitative estimate of drug-likeness (QED) is 0.806. The molecule has 3 heterocycles. The Morgan fingerprint density at radius 3 is 3.00 bits per heavy atom. The fraction of sp³-hybridized carbons (Fsp3) is 0.368. The summed E-state index contributed by atoms with van der Waals surface area (Å²) in [6, 6.07) is 5.24. The van der Waals surface area contributed by atoms with Gasteiger partial charge in [0, 0.05) is 30.4 Å². The Morgan fingerprint density at radius 2 is 2.19 bits per heavy atom. The van der Waals surface area contributed by atoms with Crippen LogP contribution in [0, 0.1) is 0 Å². The smallest absolute Gasteiger partial charge is 0.256 e. The highest BCUT2D eigenvalue weighted by Gasteiger charge is 2.25. The molecule has 1 aromatic heterocycles. The summed E-state index contributed by atoms with van der Waals surface area (Å²) in [7, 11) is 0. The number of hydrogen-bond acceptors (Lipinski definition) is 4. The Hall–Kier alpha value is -2.67. The molecule has 2 aliphatic heterocycles. The van der Waals surface area contributed by atoms with Gasteiger partial charge in [-0.05, 0) is 37.1 Å². The number of ether oxygens (including phenoxy) is 2. The number of rotatable bonds is 5. The lowest BCUT2D eigenvalue weighted by Gasteiger charge is -2.19. The number of benzene rings is 1. The van der Waals surface area contributed by atoms with Crippen LogP contribution in [0.1, 0.15) is 35.8 Å². The summed E-state index contributed by atoms with van der Waals surface area (Å²) in [6.45, 7) is 0.937. The van der Waals surface area contributed by atoms with Crippen molar-refractivity contribution in [3.05, 3.63) is 41.5 Å². The van der Waals surface area contributed by atoms with Gasteiger partial charge >= 0.3 is 0 Å². The Balaban J connectivity index is 1.60. The largest absolute Gasteiger partial charge is 0.491 e. The molecule has 26 heavy (non-hydrogen) atoms. The first-order valence-corrected chi connectivity index (χ1v) is 8.73. The van der Waals surface area contributed by atoms with Gasteiger partial charge < -0.3 is 19.8 Å². The molecular weight excluding hydrogens is 337 g/mol. The van der Waals surface area contributed by atoms with Crippen LogP contribution in [-0.2, 0) is 9.53 Å². The Kier molecular flexibility index (Phi) is 4.71. The highest BCUT2D eigenvalue weighted by Crippen LogP contribution is 2.35.